The van der Waals surface area contributed by atoms with Gasteiger partial charge in [0.1, 0.15) is 0 Å². The lowest BCUT2D eigenvalue weighted by molar-refractivity contribution is -0.169. The second-order valence-corrected chi connectivity index (χ2v) is 7.43. The molecule has 0 bridgehead atoms. The Morgan fingerprint density at radius 2 is 1.53 bits per heavy atom. The van der Waals surface area contributed by atoms with Crippen molar-refractivity contribution in [3.05, 3.63) is 59.7 Å². The third-order valence-electron chi connectivity index (χ3n) is 5.03. The van der Waals surface area contributed by atoms with Gasteiger partial charge in [0.15, 0.2) is 0 Å². The largest absolute Gasteiger partial charge is 0.416 e. The van der Waals surface area contributed by atoms with Crippen molar-refractivity contribution in [3.8, 4) is 0 Å². The number of nitrogens with one attached hydrogen (secondary N) is 1. The van der Waals surface area contributed by atoms with E-state index < -0.39 is 11.7 Å². The van der Waals surface area contributed by atoms with Crippen LogP contribution in [0.3, 0.4) is 0 Å². The van der Waals surface area contributed by atoms with Crippen LogP contribution in [0.2, 0.25) is 0 Å². The van der Waals surface area contributed by atoms with Gasteiger partial charge in [-0.2, -0.15) is 13.2 Å². The molecular weight excluding hydrogens is 397 g/mol. The third-order valence-corrected chi connectivity index (χ3v) is 5.03. The number of amides is 1. The van der Waals surface area contributed by atoms with Gasteiger partial charge in [0.05, 0.1) is 18.7 Å². The van der Waals surface area contributed by atoms with Crippen LogP contribution in [0.15, 0.2) is 48.5 Å². The second kappa shape index (κ2) is 9.46. The molecule has 1 fully saturated rings. The average Bonchev–Trinajstić information content (AvgIpc) is 2.71. The van der Waals surface area contributed by atoms with E-state index in [-0.39, 0.29) is 19.0 Å². The number of hydrogen-bond acceptors (Lipinski definition) is 5. The van der Waals surface area contributed by atoms with Crippen LogP contribution in [0, 0.1) is 0 Å². The number of carbonyl (C=O) groups excluding carboxylic acids is 1. The van der Waals surface area contributed by atoms with Gasteiger partial charge >= 0.3 is 6.18 Å². The summed E-state index contributed by atoms with van der Waals surface area (Å²) in [5, 5.41) is 13.8. The first kappa shape index (κ1) is 22.1. The molecule has 3 rings (SSSR count). The maximum atomic E-state index is 12.6. The summed E-state index contributed by atoms with van der Waals surface area (Å²) in [6.45, 7) is 3.62. The number of carbonyl (C=O) groups is 1. The Kier molecular flexibility index (Phi) is 6.96. The predicted octanol–water partition coefficient (Wildman–Crippen LogP) is 3.41. The maximum Gasteiger partial charge on any atom is 0.416 e. The fraction of sp³-hybridized carbons (Fsp3) is 0.381. The molecule has 6 nitrogen and oxygen atoms in total. The van der Waals surface area contributed by atoms with Gasteiger partial charge in [-0.1, -0.05) is 12.1 Å². The van der Waals surface area contributed by atoms with Crippen LogP contribution in [0.25, 0.3) is 0 Å². The Morgan fingerprint density at radius 1 is 1.00 bits per heavy atom. The number of benzene rings is 2. The number of alkyl halides is 3. The molecule has 2 aromatic carbocycles. The maximum absolute atomic E-state index is 12.6. The second-order valence-electron chi connectivity index (χ2n) is 7.43. The summed E-state index contributed by atoms with van der Waals surface area (Å²) in [6.07, 6.45) is -4.36. The number of hydroxylamine groups is 2. The molecule has 9 heteroatoms. The number of likely N-dealkylation sites (N-methyl/N-ethyl adjacent to an activating group) is 1. The summed E-state index contributed by atoms with van der Waals surface area (Å²) < 4.78 is 37.9. The Bertz CT molecular complexity index is 833. The van der Waals surface area contributed by atoms with Crippen molar-refractivity contribution < 1.29 is 23.2 Å². The Hall–Kier alpha value is -2.62. The van der Waals surface area contributed by atoms with Gasteiger partial charge in [0.25, 0.3) is 5.91 Å². The minimum absolute atomic E-state index is 0.0626. The molecule has 1 aliphatic heterocycles. The van der Waals surface area contributed by atoms with E-state index in [1.807, 2.05) is 11.9 Å². The first-order valence-corrected chi connectivity index (χ1v) is 9.64. The van der Waals surface area contributed by atoms with Crippen LogP contribution in [0.1, 0.15) is 11.1 Å². The summed E-state index contributed by atoms with van der Waals surface area (Å²) in [5.41, 5.74) is 1.25. The Morgan fingerprint density at radius 3 is 2.07 bits per heavy atom. The molecule has 1 amide bonds. The molecule has 162 valence electrons. The first-order valence-electron chi connectivity index (χ1n) is 9.64. The molecule has 2 aromatic rings. The van der Waals surface area contributed by atoms with Gasteiger partial charge < -0.3 is 10.2 Å². The Labute approximate surface area is 173 Å². The van der Waals surface area contributed by atoms with Crippen LogP contribution in [-0.2, 0) is 17.5 Å². The lowest BCUT2D eigenvalue weighted by Crippen LogP contribution is -2.48. The lowest BCUT2D eigenvalue weighted by Gasteiger charge is -2.32. The van der Waals surface area contributed by atoms with E-state index in [1.54, 1.807) is 24.3 Å². The van der Waals surface area contributed by atoms with Gasteiger partial charge in [0, 0.05) is 37.6 Å². The van der Waals surface area contributed by atoms with Crippen LogP contribution in [0.5, 0.6) is 0 Å². The summed E-state index contributed by atoms with van der Waals surface area (Å²) in [5.74, 6) is -0.355. The monoisotopic (exact) mass is 422 g/mol. The summed E-state index contributed by atoms with van der Waals surface area (Å²) in [6, 6.07) is 11.8. The summed E-state index contributed by atoms with van der Waals surface area (Å²) in [7, 11) is 2.04. The summed E-state index contributed by atoms with van der Waals surface area (Å²) >= 11 is 0. The highest BCUT2D eigenvalue weighted by Crippen LogP contribution is 2.30. The predicted molar refractivity (Wildman–Crippen MR) is 107 cm³/mol. The van der Waals surface area contributed by atoms with Gasteiger partial charge in [-0.05, 0) is 49.0 Å². The minimum Gasteiger partial charge on any atom is -0.356 e. The molecule has 1 aliphatic rings. The normalized spacial score (nSPS) is 15.8. The van der Waals surface area contributed by atoms with Crippen LogP contribution in [0.4, 0.5) is 24.5 Å². The molecule has 2 N–H and O–H groups in total. The first-order chi connectivity index (χ1) is 14.2. The molecule has 0 aromatic heterocycles. The highest BCUT2D eigenvalue weighted by atomic mass is 19.4. The van der Waals surface area contributed by atoms with Gasteiger partial charge in [-0.25, -0.2) is 5.06 Å². The van der Waals surface area contributed by atoms with Gasteiger partial charge in [-0.15, -0.1) is 0 Å². The van der Waals surface area contributed by atoms with E-state index in [4.69, 9.17) is 0 Å². The number of hydrogen-bond donors (Lipinski definition) is 2. The van der Waals surface area contributed by atoms with Crippen molar-refractivity contribution in [3.63, 3.8) is 0 Å². The lowest BCUT2D eigenvalue weighted by atomic mass is 10.1. The van der Waals surface area contributed by atoms with Crippen molar-refractivity contribution in [1.29, 1.82) is 0 Å². The molecule has 1 saturated heterocycles. The standard InChI is InChI=1S/C21H25F3N4O2/c1-26-10-12-27(13-11-26)15-20(29)28(30)14-16-2-6-18(7-3-16)25-19-8-4-17(5-9-19)21(22,23)24/h2-9,25,30H,10-15H2,1H3. The zero-order valence-electron chi connectivity index (χ0n) is 16.7. The number of rotatable bonds is 6. The quantitative estimate of drug-likeness (QED) is 0.552. The minimum atomic E-state index is -4.36. The highest BCUT2D eigenvalue weighted by molar-refractivity contribution is 5.77. The number of anilines is 2. The van der Waals surface area contributed by atoms with Crippen molar-refractivity contribution in [1.82, 2.24) is 14.9 Å². The smallest absolute Gasteiger partial charge is 0.356 e. The van der Waals surface area contributed by atoms with Crippen LogP contribution in [-0.4, -0.2) is 65.7 Å². The van der Waals surface area contributed by atoms with Crippen molar-refractivity contribution in [2.75, 3.05) is 45.1 Å². The fourth-order valence-electron chi connectivity index (χ4n) is 3.14. The van der Waals surface area contributed by atoms with Crippen molar-refractivity contribution in [2.45, 2.75) is 12.7 Å². The van der Waals surface area contributed by atoms with Crippen molar-refractivity contribution in [2.24, 2.45) is 0 Å². The molecule has 0 atom stereocenters. The van der Waals surface area contributed by atoms with Crippen LogP contribution >= 0.6 is 0 Å². The average molecular weight is 422 g/mol. The van der Waals surface area contributed by atoms with Crippen LogP contribution < -0.4 is 5.32 Å². The van der Waals surface area contributed by atoms with Gasteiger partial charge in [-0.3, -0.25) is 14.9 Å². The van der Waals surface area contributed by atoms with Crippen molar-refractivity contribution >= 4 is 17.3 Å². The van der Waals surface area contributed by atoms with E-state index in [0.717, 1.165) is 48.9 Å². The topological polar surface area (TPSA) is 59.0 Å². The molecule has 30 heavy (non-hydrogen) atoms. The van der Waals surface area contributed by atoms with E-state index in [9.17, 15) is 23.2 Å². The number of nitrogens with zero attached hydrogens (tertiary/aromatic N) is 3. The molecule has 0 saturated carbocycles. The molecular formula is C21H25F3N4O2. The molecule has 0 radical (unpaired) electrons. The highest BCUT2D eigenvalue weighted by Gasteiger charge is 2.29. The SMILES string of the molecule is CN1CCN(CC(=O)N(O)Cc2ccc(Nc3ccc(C(F)(F)F)cc3)cc2)CC1. The molecule has 0 spiro atoms. The van der Waals surface area contributed by atoms with E-state index in [2.05, 4.69) is 10.2 Å². The zero-order chi connectivity index (χ0) is 21.7. The van der Waals surface area contributed by atoms with Gasteiger partial charge in [0.2, 0.25) is 0 Å². The molecule has 1 heterocycles. The zero-order valence-corrected chi connectivity index (χ0v) is 16.7. The van der Waals surface area contributed by atoms with E-state index >= 15 is 0 Å². The van der Waals surface area contributed by atoms with E-state index in [1.165, 1.54) is 12.1 Å². The Balaban J connectivity index is 1.50. The summed E-state index contributed by atoms with van der Waals surface area (Å²) in [4.78, 5) is 16.4. The number of piperazine rings is 1. The fourth-order valence-corrected chi connectivity index (χ4v) is 3.14. The van der Waals surface area contributed by atoms with E-state index in [0.29, 0.717) is 11.4 Å². The number of halogens is 3. The molecule has 0 unspecified atom stereocenters. The molecule has 0 aliphatic carbocycles. The third kappa shape index (κ3) is 6.19.